The maximum Gasteiger partial charge on any atom is 0.122 e. The molecule has 1 saturated carbocycles. The van der Waals surface area contributed by atoms with E-state index in [9.17, 15) is 0 Å². The van der Waals surface area contributed by atoms with Crippen LogP contribution in [0.4, 0.5) is 0 Å². The van der Waals surface area contributed by atoms with Gasteiger partial charge in [-0.1, -0.05) is 31.4 Å². The highest BCUT2D eigenvalue weighted by Crippen LogP contribution is 2.25. The summed E-state index contributed by atoms with van der Waals surface area (Å²) in [6.45, 7) is 3.68. The quantitative estimate of drug-likeness (QED) is 0.782. The van der Waals surface area contributed by atoms with Crippen LogP contribution in [-0.4, -0.2) is 32.4 Å². The van der Waals surface area contributed by atoms with Crippen LogP contribution in [0.25, 0.3) is 0 Å². The first-order chi connectivity index (χ1) is 10.4. The molecule has 1 heterocycles. The van der Waals surface area contributed by atoms with Crippen LogP contribution in [-0.2, 0) is 17.6 Å². The van der Waals surface area contributed by atoms with E-state index in [1.54, 1.807) is 0 Å². The first-order valence-electron chi connectivity index (χ1n) is 8.49. The Hall–Kier alpha value is -1.06. The average molecular weight is 289 g/mol. The number of rotatable bonds is 7. The molecule has 1 aliphatic heterocycles. The fourth-order valence-electron chi connectivity index (χ4n) is 3.28. The van der Waals surface area contributed by atoms with Crippen molar-refractivity contribution in [2.45, 2.75) is 51.0 Å². The van der Waals surface area contributed by atoms with Gasteiger partial charge in [-0.25, -0.2) is 0 Å². The van der Waals surface area contributed by atoms with E-state index in [0.717, 1.165) is 44.9 Å². The minimum atomic E-state index is 0.525. The highest BCUT2D eigenvalue weighted by molar-refractivity contribution is 5.39. The van der Waals surface area contributed by atoms with E-state index in [-0.39, 0.29) is 0 Å². The van der Waals surface area contributed by atoms with Crippen molar-refractivity contribution < 1.29 is 9.47 Å². The van der Waals surface area contributed by atoms with Gasteiger partial charge in [-0.05, 0) is 43.0 Å². The Morgan fingerprint density at radius 3 is 2.95 bits per heavy atom. The molecule has 1 aromatic rings. The molecule has 3 heteroatoms. The fourth-order valence-corrected chi connectivity index (χ4v) is 3.28. The molecular weight excluding hydrogens is 262 g/mol. The van der Waals surface area contributed by atoms with E-state index >= 15 is 0 Å². The van der Waals surface area contributed by atoms with Gasteiger partial charge in [0.2, 0.25) is 0 Å². The number of hydrogen-bond donors (Lipinski definition) is 1. The van der Waals surface area contributed by atoms with E-state index in [1.165, 1.54) is 43.2 Å². The zero-order chi connectivity index (χ0) is 14.3. The number of ether oxygens (including phenoxy) is 2. The van der Waals surface area contributed by atoms with Crippen molar-refractivity contribution in [3.05, 3.63) is 29.3 Å². The van der Waals surface area contributed by atoms with E-state index in [4.69, 9.17) is 9.47 Å². The molecule has 116 valence electrons. The zero-order valence-electron chi connectivity index (χ0n) is 12.9. The average Bonchev–Trinajstić information content (AvgIpc) is 2.99. The van der Waals surface area contributed by atoms with E-state index in [1.807, 2.05) is 0 Å². The lowest BCUT2D eigenvalue weighted by molar-refractivity contribution is 0.0304. The Balaban J connectivity index is 1.28. The maximum atomic E-state index is 5.92. The van der Waals surface area contributed by atoms with Gasteiger partial charge in [0, 0.05) is 13.0 Å². The lowest BCUT2D eigenvalue weighted by Gasteiger charge is -2.22. The van der Waals surface area contributed by atoms with Crippen LogP contribution in [0.5, 0.6) is 5.75 Å². The van der Waals surface area contributed by atoms with Gasteiger partial charge in [0.25, 0.3) is 0 Å². The van der Waals surface area contributed by atoms with Crippen molar-refractivity contribution in [3.63, 3.8) is 0 Å². The minimum Gasteiger partial charge on any atom is -0.493 e. The topological polar surface area (TPSA) is 30.5 Å². The molecule has 2 aliphatic rings. The van der Waals surface area contributed by atoms with Gasteiger partial charge in [-0.3, -0.25) is 0 Å². The second-order valence-electron chi connectivity index (χ2n) is 6.17. The predicted molar refractivity (Wildman–Crippen MR) is 85.0 cm³/mol. The highest BCUT2D eigenvalue weighted by Gasteiger charge is 2.13. The summed E-state index contributed by atoms with van der Waals surface area (Å²) in [4.78, 5) is 0. The molecule has 0 atom stereocenters. The first-order valence-corrected chi connectivity index (χ1v) is 8.49. The summed E-state index contributed by atoms with van der Waals surface area (Å²) in [7, 11) is 0. The molecule has 0 radical (unpaired) electrons. The van der Waals surface area contributed by atoms with Crippen molar-refractivity contribution in [2.24, 2.45) is 0 Å². The third-order valence-corrected chi connectivity index (χ3v) is 4.53. The fraction of sp³-hybridized carbons (Fsp3) is 0.667. The normalized spacial score (nSPS) is 18.5. The van der Waals surface area contributed by atoms with Gasteiger partial charge in [-0.2, -0.15) is 0 Å². The molecule has 1 aliphatic carbocycles. The molecule has 21 heavy (non-hydrogen) atoms. The van der Waals surface area contributed by atoms with Crippen LogP contribution in [0.15, 0.2) is 18.2 Å². The van der Waals surface area contributed by atoms with Gasteiger partial charge in [0.15, 0.2) is 0 Å². The number of nitrogens with one attached hydrogen (secondary N) is 1. The van der Waals surface area contributed by atoms with Gasteiger partial charge >= 0.3 is 0 Å². The summed E-state index contributed by atoms with van der Waals surface area (Å²) in [6.07, 6.45) is 9.28. The molecule has 1 aromatic carbocycles. The van der Waals surface area contributed by atoms with Crippen LogP contribution in [0, 0.1) is 0 Å². The first kappa shape index (κ1) is 14.9. The van der Waals surface area contributed by atoms with Crippen molar-refractivity contribution in [3.8, 4) is 5.75 Å². The third kappa shape index (κ3) is 4.45. The zero-order valence-corrected chi connectivity index (χ0v) is 12.9. The summed E-state index contributed by atoms with van der Waals surface area (Å²) in [5.74, 6) is 1.08. The molecule has 0 unspecified atom stereocenters. The second-order valence-corrected chi connectivity index (χ2v) is 6.17. The standard InChI is InChI=1S/C18H27NO2/c1-2-4-17(5-3-1)20-13-11-19-10-8-15-6-7-18-16(14-15)9-12-21-18/h6-7,14,17,19H,1-5,8-13H2. The Morgan fingerprint density at radius 1 is 1.14 bits per heavy atom. The Bertz CT molecular complexity index is 441. The number of benzene rings is 1. The molecule has 0 bridgehead atoms. The van der Waals surface area contributed by atoms with E-state index in [0.29, 0.717) is 6.10 Å². The molecule has 3 nitrogen and oxygen atoms in total. The number of hydrogen-bond acceptors (Lipinski definition) is 3. The molecule has 0 amide bonds. The van der Waals surface area contributed by atoms with Crippen LogP contribution >= 0.6 is 0 Å². The minimum absolute atomic E-state index is 0.525. The highest BCUT2D eigenvalue weighted by atomic mass is 16.5. The van der Waals surface area contributed by atoms with Gasteiger partial charge in [-0.15, -0.1) is 0 Å². The van der Waals surface area contributed by atoms with Crippen LogP contribution in [0.2, 0.25) is 0 Å². The second kappa shape index (κ2) is 7.81. The molecule has 3 rings (SSSR count). The third-order valence-electron chi connectivity index (χ3n) is 4.53. The predicted octanol–water partition coefficient (Wildman–Crippen LogP) is 3.10. The molecule has 0 aromatic heterocycles. The monoisotopic (exact) mass is 289 g/mol. The van der Waals surface area contributed by atoms with E-state index < -0.39 is 0 Å². The molecule has 0 saturated heterocycles. The SMILES string of the molecule is c1cc2c(cc1CCNCCOC1CCCCC1)CCO2. The largest absolute Gasteiger partial charge is 0.493 e. The molecule has 1 fully saturated rings. The number of fused-ring (bicyclic) bond motifs is 1. The van der Waals surface area contributed by atoms with Gasteiger partial charge in [0.1, 0.15) is 5.75 Å². The van der Waals surface area contributed by atoms with Gasteiger partial charge < -0.3 is 14.8 Å². The van der Waals surface area contributed by atoms with Crippen LogP contribution < -0.4 is 10.1 Å². The summed E-state index contributed by atoms with van der Waals surface area (Å²) in [5.41, 5.74) is 2.77. The summed E-state index contributed by atoms with van der Waals surface area (Å²) >= 11 is 0. The van der Waals surface area contributed by atoms with Crippen LogP contribution in [0.1, 0.15) is 43.2 Å². The summed E-state index contributed by atoms with van der Waals surface area (Å²) < 4.78 is 11.5. The summed E-state index contributed by atoms with van der Waals surface area (Å²) in [5, 5.41) is 3.48. The van der Waals surface area contributed by atoms with Crippen molar-refractivity contribution in [1.82, 2.24) is 5.32 Å². The van der Waals surface area contributed by atoms with Gasteiger partial charge in [0.05, 0.1) is 19.3 Å². The molecule has 1 N–H and O–H groups in total. The maximum absolute atomic E-state index is 5.92. The lowest BCUT2D eigenvalue weighted by Crippen LogP contribution is -2.26. The lowest BCUT2D eigenvalue weighted by atomic mass is 9.98. The molecular formula is C18H27NO2. The van der Waals surface area contributed by atoms with Crippen molar-refractivity contribution in [2.75, 3.05) is 26.3 Å². The Labute approximate surface area is 128 Å². The molecule has 0 spiro atoms. The van der Waals surface area contributed by atoms with E-state index in [2.05, 4.69) is 23.5 Å². The van der Waals surface area contributed by atoms with Crippen molar-refractivity contribution >= 4 is 0 Å². The smallest absolute Gasteiger partial charge is 0.122 e. The summed E-state index contributed by atoms with van der Waals surface area (Å²) in [6, 6.07) is 6.59. The Kier molecular flexibility index (Phi) is 5.53. The van der Waals surface area contributed by atoms with Crippen LogP contribution in [0.3, 0.4) is 0 Å². The van der Waals surface area contributed by atoms with Crippen molar-refractivity contribution in [1.29, 1.82) is 0 Å². The Morgan fingerprint density at radius 2 is 2.05 bits per heavy atom.